The second-order valence-corrected chi connectivity index (χ2v) is 30.6. The zero-order chi connectivity index (χ0) is 84.3. The van der Waals surface area contributed by atoms with E-state index in [1.807, 2.05) is 0 Å². The zero-order valence-electron chi connectivity index (χ0n) is 67.8. The number of nitrogens with one attached hydrogen (secondary N) is 10. The zero-order valence-corrected chi connectivity index (χ0v) is 67.8. The van der Waals surface area contributed by atoms with Gasteiger partial charge in [0, 0.05) is 125 Å². The molecule has 38 nitrogen and oxygen atoms in total. The number of amides is 10. The molecule has 3 fully saturated rings. The van der Waals surface area contributed by atoms with Crippen molar-refractivity contribution in [3.05, 3.63) is 0 Å². The van der Waals surface area contributed by atoms with E-state index in [1.165, 1.54) is 40.0 Å². The van der Waals surface area contributed by atoms with Crippen LogP contribution >= 0.6 is 0 Å². The first-order valence-electron chi connectivity index (χ1n) is 40.6. The first kappa shape index (κ1) is 102. The van der Waals surface area contributed by atoms with E-state index < -0.39 is 135 Å². The van der Waals surface area contributed by atoms with Crippen LogP contribution in [0.4, 0.5) is 0 Å². The Balaban J connectivity index is 1.56. The lowest BCUT2D eigenvalue weighted by atomic mass is 9.89. The second kappa shape index (κ2) is 58.8. The van der Waals surface area contributed by atoms with Gasteiger partial charge in [0.1, 0.15) is 78.6 Å². The molecule has 15 atom stereocenters. The third-order valence-electron chi connectivity index (χ3n) is 19.0. The number of hydrogen-bond acceptors (Lipinski definition) is 28. The Kier molecular flexibility index (Phi) is 52.7. The number of aliphatic hydroxyl groups is 9. The van der Waals surface area contributed by atoms with Crippen molar-refractivity contribution in [2.75, 3.05) is 119 Å². The number of hydrogen-bond donors (Lipinski definition) is 19. The number of carbonyl (C=O) groups is 10. The van der Waals surface area contributed by atoms with Gasteiger partial charge in [-0.3, -0.25) is 47.9 Å². The van der Waals surface area contributed by atoms with Gasteiger partial charge < -0.3 is 142 Å². The lowest BCUT2D eigenvalue weighted by Crippen LogP contribution is -2.64. The van der Waals surface area contributed by atoms with Crippen LogP contribution in [0.5, 0.6) is 0 Å². The van der Waals surface area contributed by atoms with Crippen LogP contribution in [-0.2, 0) is 90.6 Å². The first-order chi connectivity index (χ1) is 54.4. The van der Waals surface area contributed by atoms with Crippen LogP contribution in [0.15, 0.2) is 0 Å². The van der Waals surface area contributed by atoms with Crippen molar-refractivity contribution in [3.63, 3.8) is 0 Å². The lowest BCUT2D eigenvalue weighted by Gasteiger charge is -2.42. The van der Waals surface area contributed by atoms with Crippen molar-refractivity contribution in [3.8, 4) is 0 Å². The molecule has 0 radical (unpaired) electrons. The van der Waals surface area contributed by atoms with E-state index in [4.69, 9.17) is 42.6 Å². The SMILES string of the molecule is CC(=O)NC1C(O)[C@H](O)C(CO)O[C@H]1OCCCCC(=O)NCCCNC(=O)CCOCC(COCCC(=O)NCCCNC(=O)CCCCO[C@@H]1OC(CO)[C@@H](O)C(O)C1NC(C)=O)(COCCC(=O)NCCCNC(=O)CCCCO[C@@H]1OC(CO)[C@@H](O)C(O)C1NC(C)=O)NC(=O)CCCCCCCCCCC(C)(C)C. The van der Waals surface area contributed by atoms with E-state index in [2.05, 4.69) is 73.9 Å². The van der Waals surface area contributed by atoms with E-state index >= 15 is 0 Å². The summed E-state index contributed by atoms with van der Waals surface area (Å²) in [5, 5.41) is 118. The Bertz CT molecular complexity index is 2520. The van der Waals surface area contributed by atoms with Crippen LogP contribution in [0.3, 0.4) is 0 Å². The van der Waals surface area contributed by atoms with Crippen LogP contribution in [0.25, 0.3) is 0 Å². The summed E-state index contributed by atoms with van der Waals surface area (Å²) in [6.07, 6.45) is -2.36. The average molecular weight is 1640 g/mol. The van der Waals surface area contributed by atoms with Crippen molar-refractivity contribution in [2.45, 2.75) is 300 Å². The van der Waals surface area contributed by atoms with Crippen LogP contribution in [0, 0.1) is 5.41 Å². The summed E-state index contributed by atoms with van der Waals surface area (Å²) in [5.41, 5.74) is -1.09. The number of rotatable bonds is 62. The summed E-state index contributed by atoms with van der Waals surface area (Å²) in [4.78, 5) is 126. The fourth-order valence-electron chi connectivity index (χ4n) is 12.7. The molecular weight excluding hydrogens is 1500 g/mol. The summed E-state index contributed by atoms with van der Waals surface area (Å²) < 4.78 is 52.2. The molecule has 660 valence electrons. The maximum atomic E-state index is 14.0. The minimum atomic E-state index is -1.45. The van der Waals surface area contributed by atoms with Gasteiger partial charge in [0.15, 0.2) is 18.9 Å². The third kappa shape index (κ3) is 44.0. The van der Waals surface area contributed by atoms with E-state index in [9.17, 15) is 93.9 Å². The maximum Gasteiger partial charge on any atom is 0.222 e. The topological polar surface area (TPSA) is 556 Å². The molecule has 0 aromatic carbocycles. The minimum Gasteiger partial charge on any atom is -0.394 e. The Hall–Kier alpha value is -6.02. The molecule has 0 aromatic heterocycles. The van der Waals surface area contributed by atoms with E-state index in [0.29, 0.717) is 69.6 Å². The monoisotopic (exact) mass is 1640 g/mol. The summed E-state index contributed by atoms with van der Waals surface area (Å²) in [6.45, 7) is 9.42. The molecule has 0 saturated carbocycles. The normalized spacial score (nSPS) is 24.1. The van der Waals surface area contributed by atoms with Crippen LogP contribution in [0.1, 0.15) is 202 Å². The summed E-state index contributed by atoms with van der Waals surface area (Å²) >= 11 is 0. The van der Waals surface area contributed by atoms with Gasteiger partial charge in [0.05, 0.1) is 59.5 Å². The molecule has 10 amide bonds. The highest BCUT2D eigenvalue weighted by Gasteiger charge is 2.48. The molecule has 0 aliphatic carbocycles. The largest absolute Gasteiger partial charge is 0.394 e. The minimum absolute atomic E-state index is 0.0854. The second-order valence-electron chi connectivity index (χ2n) is 30.6. The summed E-state index contributed by atoms with van der Waals surface area (Å²) in [7, 11) is 0. The molecule has 0 bridgehead atoms. The molecular formula is C76H138N10O28. The van der Waals surface area contributed by atoms with Gasteiger partial charge in [0.25, 0.3) is 0 Å². The number of aliphatic hydroxyl groups excluding tert-OH is 9. The highest BCUT2D eigenvalue weighted by Crippen LogP contribution is 2.27. The molecule has 3 heterocycles. The molecule has 9 unspecified atom stereocenters. The molecule has 3 rings (SSSR count). The van der Waals surface area contributed by atoms with E-state index in [1.54, 1.807) is 0 Å². The highest BCUT2D eigenvalue weighted by molar-refractivity contribution is 5.79. The fraction of sp³-hybridized carbons (Fsp3) is 0.868. The average Bonchev–Trinajstić information content (AvgIpc) is 0.821. The molecule has 114 heavy (non-hydrogen) atoms. The molecule has 3 aliphatic heterocycles. The van der Waals surface area contributed by atoms with Gasteiger partial charge >= 0.3 is 0 Å². The fourth-order valence-corrected chi connectivity index (χ4v) is 12.7. The Labute approximate surface area is 669 Å². The maximum absolute atomic E-state index is 14.0. The molecule has 0 aromatic rings. The van der Waals surface area contributed by atoms with Crippen molar-refractivity contribution in [1.82, 2.24) is 53.2 Å². The van der Waals surface area contributed by atoms with Crippen LogP contribution in [0.2, 0.25) is 0 Å². The summed E-state index contributed by atoms with van der Waals surface area (Å²) in [5.74, 6) is -3.56. The number of ether oxygens (including phenoxy) is 9. The predicted octanol–water partition coefficient (Wildman–Crippen LogP) is -2.73. The van der Waals surface area contributed by atoms with E-state index in [0.717, 1.165) is 32.1 Å². The van der Waals surface area contributed by atoms with Gasteiger partial charge in [-0.25, -0.2) is 0 Å². The van der Waals surface area contributed by atoms with Crippen molar-refractivity contribution < 1.29 is 137 Å². The third-order valence-corrected chi connectivity index (χ3v) is 19.0. The standard InChI is InChI=1S/C76H138N10O28/c1-50(90)83-63-69(103)66(100)53(44-87)112-72(63)109-38-18-14-24-56(93)77-32-21-35-80-59(96)28-41-106-47-76(86-62(99)27-13-11-9-7-8-10-12-17-31-75(4,5)6,48-107-42-29-60(97)81-36-22-33-78-57(94)25-15-19-39-110-73-64(84-51(2)91)70(104)67(101)54(45-88)113-73)49-108-43-30-61(98)82-37-23-34-79-58(95)26-16-20-40-111-74-65(85-52(3)92)71(105)68(102)55(46-89)114-74/h53-55,63-74,87-89,100-105H,7-49H2,1-6H3,(H,77,93)(H,78,94)(H,79,95)(H,80,96)(H,81,97)(H,82,98)(H,83,90)(H,84,91)(H,85,92)(H,86,99)/t53?,54?,55?,63?,64?,65?,66-,67-,68-,69?,70?,71?,72-,73-,74-,76?/m1/s1. The van der Waals surface area contributed by atoms with Crippen LogP contribution < -0.4 is 53.2 Å². The van der Waals surface area contributed by atoms with Crippen molar-refractivity contribution in [2.24, 2.45) is 5.41 Å². The van der Waals surface area contributed by atoms with Crippen LogP contribution in [-0.4, -0.2) is 321 Å². The molecule has 0 spiro atoms. The van der Waals surface area contributed by atoms with Gasteiger partial charge in [-0.15, -0.1) is 0 Å². The molecule has 19 N–H and O–H groups in total. The van der Waals surface area contributed by atoms with Gasteiger partial charge in [-0.2, -0.15) is 0 Å². The first-order valence-corrected chi connectivity index (χ1v) is 40.6. The Morgan fingerprint density at radius 2 is 0.570 bits per heavy atom. The van der Waals surface area contributed by atoms with Gasteiger partial charge in [-0.1, -0.05) is 65.7 Å². The highest BCUT2D eigenvalue weighted by atomic mass is 16.7. The van der Waals surface area contributed by atoms with Gasteiger partial charge in [-0.05, 0) is 76.0 Å². The van der Waals surface area contributed by atoms with Crippen molar-refractivity contribution in [1.29, 1.82) is 0 Å². The van der Waals surface area contributed by atoms with E-state index in [-0.39, 0.29) is 185 Å². The van der Waals surface area contributed by atoms with Gasteiger partial charge in [0.2, 0.25) is 59.1 Å². The lowest BCUT2D eigenvalue weighted by molar-refractivity contribution is -0.270. The number of carbonyl (C=O) groups excluding carboxylic acids is 10. The Morgan fingerprint density at radius 3 is 0.842 bits per heavy atom. The molecule has 3 aliphatic rings. The van der Waals surface area contributed by atoms with Crippen molar-refractivity contribution >= 4 is 59.1 Å². The molecule has 38 heteroatoms. The quantitative estimate of drug-likeness (QED) is 0.0275. The molecule has 3 saturated heterocycles. The predicted molar refractivity (Wildman–Crippen MR) is 410 cm³/mol. The number of unbranched alkanes of at least 4 members (excludes halogenated alkanes) is 10. The Morgan fingerprint density at radius 1 is 0.316 bits per heavy atom. The summed E-state index contributed by atoms with van der Waals surface area (Å²) in [6, 6.07) is -3.26. The smallest absolute Gasteiger partial charge is 0.222 e.